The third kappa shape index (κ3) is 6.75. The first-order chi connectivity index (χ1) is 20.8. The molecule has 2 aliphatic rings. The number of aromatic nitrogens is 4. The number of nitrogens with two attached hydrogens (primary N) is 1. The topological polar surface area (TPSA) is 185 Å². The Balaban J connectivity index is 1.41. The average Bonchev–Trinajstić information content (AvgIpc) is 3.61. The number of carbonyl (C=O) groups is 1. The van der Waals surface area contributed by atoms with Crippen LogP contribution in [0.15, 0.2) is 36.7 Å². The second kappa shape index (κ2) is 12.7. The number of nitrogens with zero attached hydrogens (tertiary/aromatic N) is 4. The van der Waals surface area contributed by atoms with Crippen LogP contribution >= 0.6 is 19.3 Å². The zero-order valence-corrected chi connectivity index (χ0v) is 25.6. The molecule has 6 atom stereocenters. The maximum absolute atomic E-state index is 14.6. The van der Waals surface area contributed by atoms with Crippen molar-refractivity contribution in [2.24, 2.45) is 0 Å². The zero-order chi connectivity index (χ0) is 31.8. The largest absolute Gasteiger partial charge is 0.462 e. The first-order valence-electron chi connectivity index (χ1n) is 13.9. The third-order valence-corrected chi connectivity index (χ3v) is 9.09. The number of aliphatic hydroxyl groups is 1. The van der Waals surface area contributed by atoms with E-state index >= 15 is 0 Å². The first kappa shape index (κ1) is 32.3. The van der Waals surface area contributed by atoms with Crippen LogP contribution in [0.3, 0.4) is 0 Å². The summed E-state index contributed by atoms with van der Waals surface area (Å²) in [7, 11) is -4.42. The molecule has 240 valence electrons. The quantitative estimate of drug-likeness (QED) is 0.119. The molecule has 0 spiro atoms. The van der Waals surface area contributed by atoms with Crippen LogP contribution in [0, 0.1) is 0 Å². The minimum Gasteiger partial charge on any atom is -0.462 e. The molecule has 3 aromatic rings. The lowest BCUT2D eigenvalue weighted by Gasteiger charge is -2.29. The molecule has 1 saturated heterocycles. The Morgan fingerprint density at radius 2 is 1.98 bits per heavy atom. The van der Waals surface area contributed by atoms with Crippen molar-refractivity contribution in [1.29, 1.82) is 0 Å². The smallest absolute Gasteiger partial charge is 0.459 e. The molecule has 0 radical (unpaired) electrons. The fourth-order valence-corrected chi connectivity index (χ4v) is 6.35. The lowest BCUT2D eigenvalue weighted by atomic mass is 9.99. The first-order valence-corrected chi connectivity index (χ1v) is 15.8. The summed E-state index contributed by atoms with van der Waals surface area (Å²) in [5.74, 6) is -0.442. The number of nitrogen functional groups attached to an aromatic ring is 1. The second-order valence-electron chi connectivity index (χ2n) is 10.8. The van der Waals surface area contributed by atoms with Gasteiger partial charge >= 0.3 is 13.7 Å². The third-order valence-electron chi connectivity index (χ3n) is 6.87. The number of alkyl halides is 3. The highest BCUT2D eigenvalue weighted by Crippen LogP contribution is 2.51. The van der Waals surface area contributed by atoms with Crippen LogP contribution in [-0.4, -0.2) is 78.9 Å². The standard InChI is InChI=1S/C26H33ClF2N7O7P/c1-13(2)41-22(38)14(3)35-44(39,43-16-7-5-4-6-8-16)40-11-17-19(37)26(27,23(28)29)24(42-17)36-12-31-18-20(32-15-9-10-15)33-25(30)34-21(18)36/h4-8,12-15,17,19,23-24,37H,9-11H2,1-3H3,(H,35,39)(H3,30,32,33,34)/t14-,17-,19-,24-,26+,44?/m1/s1. The number of carbonyl (C=O) groups excluding carboxylic acids is 1. The Hall–Kier alpha value is -3.14. The Morgan fingerprint density at radius 3 is 2.61 bits per heavy atom. The summed E-state index contributed by atoms with van der Waals surface area (Å²) in [6.45, 7) is 3.94. The number of rotatable bonds is 13. The number of aliphatic hydroxyl groups excluding tert-OH is 1. The second-order valence-corrected chi connectivity index (χ2v) is 13.2. The fraction of sp³-hybridized carbons (Fsp3) is 0.538. The summed E-state index contributed by atoms with van der Waals surface area (Å²) < 4.78 is 66.3. The summed E-state index contributed by atoms with van der Waals surface area (Å²) in [6, 6.07) is 6.94. The van der Waals surface area contributed by atoms with Crippen LogP contribution in [0.25, 0.3) is 11.2 Å². The summed E-state index contributed by atoms with van der Waals surface area (Å²) >= 11 is 6.44. The number of hydrogen-bond donors (Lipinski definition) is 4. The monoisotopic (exact) mass is 659 g/mol. The molecule has 1 unspecified atom stereocenters. The summed E-state index contributed by atoms with van der Waals surface area (Å²) in [5, 5.41) is 16.7. The number of nitrogens with one attached hydrogen (secondary N) is 2. The molecule has 44 heavy (non-hydrogen) atoms. The molecule has 2 aromatic heterocycles. The van der Waals surface area contributed by atoms with Crippen molar-refractivity contribution in [2.45, 2.75) is 81.5 Å². The molecular weight excluding hydrogens is 627 g/mol. The molecule has 1 saturated carbocycles. The Bertz CT molecular complexity index is 1530. The van der Waals surface area contributed by atoms with Crippen molar-refractivity contribution in [3.8, 4) is 5.75 Å². The molecule has 1 aliphatic heterocycles. The van der Waals surface area contributed by atoms with Gasteiger partial charge in [0.25, 0.3) is 6.43 Å². The number of fused-ring (bicyclic) bond motifs is 1. The number of hydrogen-bond acceptors (Lipinski definition) is 12. The number of ether oxygens (including phenoxy) is 2. The fourth-order valence-electron chi connectivity index (χ4n) is 4.55. The molecule has 0 bridgehead atoms. The predicted octanol–water partition coefficient (Wildman–Crippen LogP) is 3.62. The van der Waals surface area contributed by atoms with Gasteiger partial charge < -0.3 is 30.2 Å². The number of para-hydroxylation sites is 1. The highest BCUT2D eigenvalue weighted by atomic mass is 35.5. The number of anilines is 2. The van der Waals surface area contributed by atoms with Crippen molar-refractivity contribution >= 4 is 48.2 Å². The van der Waals surface area contributed by atoms with E-state index in [2.05, 4.69) is 25.4 Å². The van der Waals surface area contributed by atoms with Gasteiger partial charge in [0.1, 0.15) is 24.0 Å². The molecule has 0 amide bonds. The van der Waals surface area contributed by atoms with E-state index < -0.39 is 62.2 Å². The van der Waals surface area contributed by atoms with E-state index in [0.717, 1.165) is 17.4 Å². The van der Waals surface area contributed by atoms with Crippen molar-refractivity contribution < 1.29 is 41.8 Å². The van der Waals surface area contributed by atoms with E-state index in [0.29, 0.717) is 5.82 Å². The van der Waals surface area contributed by atoms with Crippen molar-refractivity contribution in [3.05, 3.63) is 36.7 Å². The summed E-state index contributed by atoms with van der Waals surface area (Å²) in [6.07, 6.45) is -6.03. The molecule has 3 heterocycles. The van der Waals surface area contributed by atoms with E-state index in [1.165, 1.54) is 25.4 Å². The highest BCUT2D eigenvalue weighted by Gasteiger charge is 2.62. The van der Waals surface area contributed by atoms with Crippen LogP contribution in [0.5, 0.6) is 5.75 Å². The van der Waals surface area contributed by atoms with Gasteiger partial charge in [0.05, 0.1) is 19.0 Å². The molecule has 2 fully saturated rings. The molecule has 14 nitrogen and oxygen atoms in total. The van der Waals surface area contributed by atoms with Crippen LogP contribution < -0.4 is 20.7 Å². The van der Waals surface area contributed by atoms with Gasteiger partial charge in [0, 0.05) is 6.04 Å². The van der Waals surface area contributed by atoms with Gasteiger partial charge in [0.2, 0.25) is 5.95 Å². The predicted molar refractivity (Wildman–Crippen MR) is 155 cm³/mol. The number of imidazole rings is 1. The van der Waals surface area contributed by atoms with Gasteiger partial charge in [-0.3, -0.25) is 13.9 Å². The van der Waals surface area contributed by atoms with E-state index in [4.69, 9.17) is 35.9 Å². The minimum atomic E-state index is -4.42. The molecule has 18 heteroatoms. The van der Waals surface area contributed by atoms with Crippen LogP contribution in [0.4, 0.5) is 20.5 Å². The van der Waals surface area contributed by atoms with Gasteiger partial charge in [-0.15, -0.1) is 11.6 Å². The zero-order valence-electron chi connectivity index (χ0n) is 24.0. The number of halogens is 3. The van der Waals surface area contributed by atoms with Crippen molar-refractivity contribution in [1.82, 2.24) is 24.6 Å². The molecule has 1 aromatic carbocycles. The van der Waals surface area contributed by atoms with E-state index in [9.17, 15) is 23.2 Å². The SMILES string of the molecule is CC(C)OC(=O)[C@@H](C)NP(=O)(OC[C@H]1O[C@@H](n2cnc3c(NC4CC4)nc(N)nc32)[C@@](Cl)(C(F)F)[C@@H]1O)Oc1ccccc1. The lowest BCUT2D eigenvalue weighted by Crippen LogP contribution is -2.48. The van der Waals surface area contributed by atoms with Gasteiger partial charge in [0.15, 0.2) is 28.1 Å². The van der Waals surface area contributed by atoms with Crippen LogP contribution in [-0.2, 0) is 23.4 Å². The Labute approximate surface area is 256 Å². The van der Waals surface area contributed by atoms with E-state index in [1.807, 2.05) is 0 Å². The van der Waals surface area contributed by atoms with Crippen molar-refractivity contribution in [2.75, 3.05) is 17.7 Å². The maximum Gasteiger partial charge on any atom is 0.459 e. The van der Waals surface area contributed by atoms with Gasteiger partial charge in [-0.1, -0.05) is 18.2 Å². The minimum absolute atomic E-state index is 0.0438. The summed E-state index contributed by atoms with van der Waals surface area (Å²) in [5.41, 5.74) is 6.18. The van der Waals surface area contributed by atoms with E-state index in [-0.39, 0.29) is 28.9 Å². The van der Waals surface area contributed by atoms with Crippen molar-refractivity contribution in [3.63, 3.8) is 0 Å². The van der Waals surface area contributed by atoms with Crippen LogP contribution in [0.1, 0.15) is 39.8 Å². The van der Waals surface area contributed by atoms with E-state index in [1.54, 1.807) is 32.0 Å². The normalized spacial score (nSPS) is 25.7. The van der Waals surface area contributed by atoms with Gasteiger partial charge in [-0.2, -0.15) is 15.1 Å². The number of benzene rings is 1. The lowest BCUT2D eigenvalue weighted by molar-refractivity contribution is -0.149. The average molecular weight is 660 g/mol. The maximum atomic E-state index is 14.6. The van der Waals surface area contributed by atoms with Gasteiger partial charge in [-0.25, -0.2) is 18.3 Å². The summed E-state index contributed by atoms with van der Waals surface area (Å²) in [4.78, 5) is 22.3. The van der Waals surface area contributed by atoms with Crippen LogP contribution in [0.2, 0.25) is 0 Å². The van der Waals surface area contributed by atoms with Gasteiger partial charge in [-0.05, 0) is 45.7 Å². The Morgan fingerprint density at radius 1 is 1.27 bits per heavy atom. The molecular formula is C26H33ClF2N7O7P. The number of esters is 1. The molecule has 1 aliphatic carbocycles. The molecule has 5 N–H and O–H groups in total. The Kier molecular flexibility index (Phi) is 9.31. The highest BCUT2D eigenvalue weighted by molar-refractivity contribution is 7.52. The molecule has 5 rings (SSSR count).